The Labute approximate surface area is 239 Å². The molecule has 0 radical (unpaired) electrons. The van der Waals surface area contributed by atoms with E-state index in [9.17, 15) is 14.7 Å². The minimum Gasteiger partial charge on any atom is -0.482 e. The highest BCUT2D eigenvalue weighted by atomic mass is 16.6. The fourth-order valence-corrected chi connectivity index (χ4v) is 6.57. The topological polar surface area (TPSA) is 82.1 Å². The molecule has 0 heterocycles. The Morgan fingerprint density at radius 3 is 2.52 bits per heavy atom. The molecule has 1 unspecified atom stereocenters. The number of hydrogen-bond acceptors (Lipinski definition) is 6. The molecule has 2 aromatic rings. The molecule has 218 valence electrons. The summed E-state index contributed by atoms with van der Waals surface area (Å²) in [5, 5.41) is 10.9. The molecule has 0 spiro atoms. The van der Waals surface area contributed by atoms with Crippen molar-refractivity contribution in [2.24, 2.45) is 17.8 Å². The van der Waals surface area contributed by atoms with E-state index in [0.29, 0.717) is 17.8 Å². The average Bonchev–Trinajstić information content (AvgIpc) is 3.25. The summed E-state index contributed by atoms with van der Waals surface area (Å²) in [5.41, 5.74) is 3.33. The van der Waals surface area contributed by atoms with E-state index in [-0.39, 0.29) is 25.7 Å². The standard InChI is InChI=1S/C34H46O6/c1-3-4-5-6-7-11-16-28-29-19-26-15-12-17-32(30(26)20-27(29)21-31(28)35)38-23-34(37)40-24(2)18-33(36)39-22-25-13-9-8-10-14-25/h8-10,12-15,17,24,27-29,31,35H,3-7,11,16,18-23H2,1-2H3/t24?,27-,28+,29-,31+/m0/s1. The maximum Gasteiger partial charge on any atom is 0.344 e. The van der Waals surface area contributed by atoms with Crippen LogP contribution in [0.4, 0.5) is 0 Å². The number of esters is 2. The predicted molar refractivity (Wildman–Crippen MR) is 155 cm³/mol. The lowest BCUT2D eigenvalue weighted by molar-refractivity contribution is -0.156. The van der Waals surface area contributed by atoms with Gasteiger partial charge in [-0.05, 0) is 73.1 Å². The van der Waals surface area contributed by atoms with Crippen LogP contribution in [-0.2, 0) is 38.5 Å². The maximum absolute atomic E-state index is 12.5. The van der Waals surface area contributed by atoms with E-state index >= 15 is 0 Å². The van der Waals surface area contributed by atoms with Gasteiger partial charge in [0.15, 0.2) is 6.61 Å². The second kappa shape index (κ2) is 15.2. The SMILES string of the molecule is CCCCCCCC[C@@H]1[C@H]2Cc3cccc(OCC(=O)OC(C)CC(=O)OCc4ccccc4)c3C[C@H]2C[C@H]1O. The Morgan fingerprint density at radius 1 is 0.950 bits per heavy atom. The highest BCUT2D eigenvalue weighted by Gasteiger charge is 2.44. The first kappa shape index (κ1) is 30.1. The zero-order valence-corrected chi connectivity index (χ0v) is 24.2. The third-order valence-electron chi connectivity index (χ3n) is 8.61. The van der Waals surface area contributed by atoms with E-state index in [1.54, 1.807) is 6.92 Å². The molecule has 0 bridgehead atoms. The molecule has 6 heteroatoms. The van der Waals surface area contributed by atoms with Gasteiger partial charge in [0.1, 0.15) is 18.5 Å². The van der Waals surface area contributed by atoms with Crippen LogP contribution in [0.3, 0.4) is 0 Å². The molecule has 40 heavy (non-hydrogen) atoms. The molecule has 1 fully saturated rings. The first-order valence-electron chi connectivity index (χ1n) is 15.2. The number of ether oxygens (including phenoxy) is 3. The monoisotopic (exact) mass is 550 g/mol. The molecule has 2 aliphatic rings. The number of carbonyl (C=O) groups excluding carboxylic acids is 2. The summed E-state index contributed by atoms with van der Waals surface area (Å²) in [7, 11) is 0. The molecule has 0 amide bonds. The minimum absolute atomic E-state index is 0.00932. The number of aliphatic hydroxyl groups excluding tert-OH is 1. The smallest absolute Gasteiger partial charge is 0.344 e. The molecule has 4 rings (SSSR count). The van der Waals surface area contributed by atoms with Gasteiger partial charge in [0, 0.05) is 0 Å². The van der Waals surface area contributed by atoms with Crippen LogP contribution in [0, 0.1) is 17.8 Å². The van der Waals surface area contributed by atoms with Gasteiger partial charge in [-0.1, -0.05) is 87.9 Å². The van der Waals surface area contributed by atoms with Crippen molar-refractivity contribution < 1.29 is 28.9 Å². The van der Waals surface area contributed by atoms with Crippen molar-refractivity contribution in [3.05, 3.63) is 65.2 Å². The highest BCUT2D eigenvalue weighted by Crippen LogP contribution is 2.48. The molecule has 0 saturated heterocycles. The summed E-state index contributed by atoms with van der Waals surface area (Å²) in [6, 6.07) is 15.5. The van der Waals surface area contributed by atoms with Gasteiger partial charge in [0.05, 0.1) is 12.5 Å². The van der Waals surface area contributed by atoms with Gasteiger partial charge in [-0.3, -0.25) is 4.79 Å². The van der Waals surface area contributed by atoms with Crippen LogP contribution in [0.15, 0.2) is 48.5 Å². The van der Waals surface area contributed by atoms with Gasteiger partial charge < -0.3 is 19.3 Å². The maximum atomic E-state index is 12.5. The number of carbonyl (C=O) groups is 2. The van der Waals surface area contributed by atoms with Crippen molar-refractivity contribution in [3.63, 3.8) is 0 Å². The Kier molecular flexibility index (Phi) is 11.5. The van der Waals surface area contributed by atoms with E-state index in [4.69, 9.17) is 14.2 Å². The normalized spacial score (nSPS) is 22.2. The lowest BCUT2D eigenvalue weighted by atomic mass is 9.73. The average molecular weight is 551 g/mol. The van der Waals surface area contributed by atoms with Crippen LogP contribution in [-0.4, -0.2) is 35.9 Å². The van der Waals surface area contributed by atoms with E-state index in [0.717, 1.165) is 42.6 Å². The van der Waals surface area contributed by atoms with Crippen LogP contribution in [0.1, 0.15) is 88.3 Å². The first-order chi connectivity index (χ1) is 19.4. The van der Waals surface area contributed by atoms with Crippen LogP contribution in [0.25, 0.3) is 0 Å². The zero-order valence-electron chi connectivity index (χ0n) is 24.2. The van der Waals surface area contributed by atoms with Crippen LogP contribution in [0.2, 0.25) is 0 Å². The number of aliphatic hydroxyl groups is 1. The molecule has 5 atom stereocenters. The lowest BCUT2D eigenvalue weighted by Crippen LogP contribution is -2.27. The number of fused-ring (bicyclic) bond motifs is 2. The summed E-state index contributed by atoms with van der Waals surface area (Å²) in [5.74, 6) is 1.14. The minimum atomic E-state index is -0.603. The first-order valence-corrected chi connectivity index (χ1v) is 15.2. The molecule has 1 saturated carbocycles. The fraction of sp³-hybridized carbons (Fsp3) is 0.588. The third-order valence-corrected chi connectivity index (χ3v) is 8.61. The quantitative estimate of drug-likeness (QED) is 0.199. The van der Waals surface area contributed by atoms with Crippen molar-refractivity contribution in [2.75, 3.05) is 6.61 Å². The van der Waals surface area contributed by atoms with Crippen molar-refractivity contribution in [3.8, 4) is 5.75 Å². The second-order valence-corrected chi connectivity index (χ2v) is 11.7. The van der Waals surface area contributed by atoms with Crippen LogP contribution in [0.5, 0.6) is 5.75 Å². The lowest BCUT2D eigenvalue weighted by Gasteiger charge is -2.32. The Hall–Kier alpha value is -2.86. The van der Waals surface area contributed by atoms with Crippen molar-refractivity contribution in [2.45, 2.75) is 103 Å². The summed E-state index contributed by atoms with van der Waals surface area (Å²) in [6.45, 7) is 3.91. The van der Waals surface area contributed by atoms with Crippen LogP contribution < -0.4 is 4.74 Å². The van der Waals surface area contributed by atoms with Crippen molar-refractivity contribution in [1.82, 2.24) is 0 Å². The Bertz CT molecular complexity index is 1080. The zero-order chi connectivity index (χ0) is 28.3. The van der Waals surface area contributed by atoms with Gasteiger partial charge >= 0.3 is 11.9 Å². The Balaban J connectivity index is 1.23. The van der Waals surface area contributed by atoms with Gasteiger partial charge in [0.2, 0.25) is 0 Å². The summed E-state index contributed by atoms with van der Waals surface area (Å²) in [4.78, 5) is 24.6. The summed E-state index contributed by atoms with van der Waals surface area (Å²) in [6.07, 6.45) is 10.6. The molecular weight excluding hydrogens is 504 g/mol. The van der Waals surface area contributed by atoms with E-state index in [1.165, 1.54) is 44.1 Å². The van der Waals surface area contributed by atoms with Crippen molar-refractivity contribution in [1.29, 1.82) is 0 Å². The van der Waals surface area contributed by atoms with Gasteiger partial charge in [0.25, 0.3) is 0 Å². The summed E-state index contributed by atoms with van der Waals surface area (Å²) < 4.78 is 16.6. The Morgan fingerprint density at radius 2 is 1.73 bits per heavy atom. The molecule has 0 aliphatic heterocycles. The van der Waals surface area contributed by atoms with E-state index < -0.39 is 18.0 Å². The molecule has 2 aromatic carbocycles. The molecule has 2 aliphatic carbocycles. The van der Waals surface area contributed by atoms with Crippen molar-refractivity contribution >= 4 is 11.9 Å². The van der Waals surface area contributed by atoms with E-state index in [2.05, 4.69) is 13.0 Å². The molecule has 1 N–H and O–H groups in total. The largest absolute Gasteiger partial charge is 0.482 e. The number of unbranched alkanes of at least 4 members (excludes halogenated alkanes) is 5. The van der Waals surface area contributed by atoms with E-state index in [1.807, 2.05) is 42.5 Å². The number of hydrogen-bond donors (Lipinski definition) is 1. The number of benzene rings is 2. The molecule has 0 aromatic heterocycles. The second-order valence-electron chi connectivity index (χ2n) is 11.7. The summed E-state index contributed by atoms with van der Waals surface area (Å²) >= 11 is 0. The highest BCUT2D eigenvalue weighted by molar-refractivity contribution is 5.73. The number of rotatable bonds is 15. The van der Waals surface area contributed by atoms with Crippen LogP contribution >= 0.6 is 0 Å². The fourth-order valence-electron chi connectivity index (χ4n) is 6.57. The third kappa shape index (κ3) is 8.57. The van der Waals surface area contributed by atoms with Gasteiger partial charge in [-0.25, -0.2) is 4.79 Å². The molecule has 6 nitrogen and oxygen atoms in total. The molecular formula is C34H46O6. The predicted octanol–water partition coefficient (Wildman–Crippen LogP) is 6.59. The van der Waals surface area contributed by atoms with Gasteiger partial charge in [-0.15, -0.1) is 0 Å². The van der Waals surface area contributed by atoms with Gasteiger partial charge in [-0.2, -0.15) is 0 Å².